The minimum atomic E-state index is -3.13. The van der Waals surface area contributed by atoms with Gasteiger partial charge in [0.2, 0.25) is 0 Å². The predicted octanol–water partition coefficient (Wildman–Crippen LogP) is 0.776. The van der Waals surface area contributed by atoms with Crippen LogP contribution in [0.2, 0.25) is 0 Å². The molecule has 100 valence electrons. The third kappa shape index (κ3) is 5.04. The van der Waals surface area contributed by atoms with Gasteiger partial charge in [-0.2, -0.15) is 19.9 Å². The molecule has 1 aromatic heterocycles. The Kier molecular flexibility index (Phi) is 5.43. The van der Waals surface area contributed by atoms with Crippen molar-refractivity contribution >= 4 is 27.8 Å². The number of carbonyl (C=O) groups excluding carboxylic acids is 2. The second-order valence-electron chi connectivity index (χ2n) is 3.24. The summed E-state index contributed by atoms with van der Waals surface area (Å²) in [4.78, 5) is 17.5. The van der Waals surface area contributed by atoms with E-state index in [2.05, 4.69) is 15.4 Å². The molecule has 9 heteroatoms. The molecule has 0 unspecified atom stereocenters. The molecule has 0 fully saturated rings. The van der Waals surface area contributed by atoms with Gasteiger partial charge in [0.15, 0.2) is 9.84 Å². The maximum absolute atomic E-state index is 11.2. The Morgan fingerprint density at radius 3 is 2.21 bits per heavy atom. The van der Waals surface area contributed by atoms with Crippen LogP contribution in [-0.2, 0) is 19.4 Å². The number of nitrogens with zero attached hydrogens (tertiary/aromatic N) is 2. The van der Waals surface area contributed by atoms with E-state index in [9.17, 15) is 8.42 Å². The summed E-state index contributed by atoms with van der Waals surface area (Å²) in [6.07, 6.45) is 3.04. The lowest BCUT2D eigenvalue weighted by Crippen LogP contribution is -1.95. The fourth-order valence-corrected chi connectivity index (χ4v) is 2.45. The standard InChI is InChI=1S/C9H9N3O2S2.CO2/c1-16(13,14)8-4-2-7(3-5-8)15-9-6-10-12-11-9;2-1-3/h2-6H,1H3,(H,10,11,12);. The zero-order valence-corrected chi connectivity index (χ0v) is 11.4. The van der Waals surface area contributed by atoms with Crippen molar-refractivity contribution in [1.29, 1.82) is 0 Å². The average Bonchev–Trinajstić information content (AvgIpc) is 2.82. The van der Waals surface area contributed by atoms with E-state index < -0.39 is 9.84 Å². The van der Waals surface area contributed by atoms with E-state index >= 15 is 0 Å². The van der Waals surface area contributed by atoms with Gasteiger partial charge >= 0.3 is 6.15 Å². The summed E-state index contributed by atoms with van der Waals surface area (Å²) in [5.74, 6) is 0. The second kappa shape index (κ2) is 6.83. The number of hydrogen-bond donors (Lipinski definition) is 1. The molecule has 19 heavy (non-hydrogen) atoms. The number of H-pyrrole nitrogens is 1. The summed E-state index contributed by atoms with van der Waals surface area (Å²) in [5, 5.41) is 10.8. The van der Waals surface area contributed by atoms with Gasteiger partial charge in [0, 0.05) is 11.2 Å². The van der Waals surface area contributed by atoms with Gasteiger partial charge < -0.3 is 0 Å². The van der Waals surface area contributed by atoms with Crippen LogP contribution in [-0.4, -0.2) is 36.2 Å². The van der Waals surface area contributed by atoms with Gasteiger partial charge in [0.1, 0.15) is 5.03 Å². The van der Waals surface area contributed by atoms with Crippen LogP contribution in [0.3, 0.4) is 0 Å². The van der Waals surface area contributed by atoms with Crippen LogP contribution < -0.4 is 0 Å². The van der Waals surface area contributed by atoms with Gasteiger partial charge in [-0.1, -0.05) is 11.8 Å². The third-order valence-electron chi connectivity index (χ3n) is 1.87. The largest absolute Gasteiger partial charge is 0.373 e. The average molecular weight is 299 g/mol. The molecule has 0 spiro atoms. The Balaban J connectivity index is 0.000000550. The summed E-state index contributed by atoms with van der Waals surface area (Å²) in [5.41, 5.74) is 0. The summed E-state index contributed by atoms with van der Waals surface area (Å²) in [6, 6.07) is 6.65. The molecule has 0 aliphatic heterocycles. The van der Waals surface area contributed by atoms with Crippen LogP contribution in [0.15, 0.2) is 45.3 Å². The number of benzene rings is 1. The van der Waals surface area contributed by atoms with E-state index in [1.165, 1.54) is 18.0 Å². The molecule has 0 saturated carbocycles. The van der Waals surface area contributed by atoms with E-state index in [0.717, 1.165) is 9.92 Å². The Labute approximate surface area is 113 Å². The summed E-state index contributed by atoms with van der Waals surface area (Å²) in [6.45, 7) is 0. The monoisotopic (exact) mass is 299 g/mol. The molecule has 2 rings (SSSR count). The van der Waals surface area contributed by atoms with Crippen molar-refractivity contribution in [3.8, 4) is 0 Å². The van der Waals surface area contributed by atoms with Crippen LogP contribution in [0.25, 0.3) is 0 Å². The number of sulfone groups is 1. The molecule has 0 radical (unpaired) electrons. The van der Waals surface area contributed by atoms with Crippen molar-refractivity contribution in [1.82, 2.24) is 15.4 Å². The lowest BCUT2D eigenvalue weighted by Gasteiger charge is -2.00. The van der Waals surface area contributed by atoms with E-state index in [-0.39, 0.29) is 6.15 Å². The number of aromatic nitrogens is 3. The highest BCUT2D eigenvalue weighted by Crippen LogP contribution is 2.25. The van der Waals surface area contributed by atoms with Crippen molar-refractivity contribution in [2.75, 3.05) is 6.26 Å². The minimum absolute atomic E-state index is 0.250. The first-order valence-corrected chi connectivity index (χ1v) is 7.51. The number of hydrogen-bond acceptors (Lipinski definition) is 7. The van der Waals surface area contributed by atoms with Gasteiger partial charge in [0.25, 0.3) is 0 Å². The van der Waals surface area contributed by atoms with Crippen LogP contribution in [0.4, 0.5) is 0 Å². The number of nitrogens with one attached hydrogen (secondary N) is 1. The van der Waals surface area contributed by atoms with Crippen LogP contribution >= 0.6 is 11.8 Å². The van der Waals surface area contributed by atoms with Crippen molar-refractivity contribution in [2.24, 2.45) is 0 Å². The summed E-state index contributed by atoms with van der Waals surface area (Å²) in [7, 11) is -3.13. The van der Waals surface area contributed by atoms with E-state index in [1.54, 1.807) is 30.5 Å². The lowest BCUT2D eigenvalue weighted by atomic mass is 10.4. The highest BCUT2D eigenvalue weighted by molar-refractivity contribution is 7.99. The Morgan fingerprint density at radius 1 is 1.21 bits per heavy atom. The van der Waals surface area contributed by atoms with Crippen LogP contribution in [0, 0.1) is 0 Å². The molecule has 0 aliphatic carbocycles. The van der Waals surface area contributed by atoms with Gasteiger partial charge in [-0.05, 0) is 24.3 Å². The van der Waals surface area contributed by atoms with Crippen LogP contribution in [0.1, 0.15) is 0 Å². The molecular formula is C10H9N3O4S2. The first kappa shape index (κ1) is 15.1. The number of rotatable bonds is 3. The van der Waals surface area contributed by atoms with Gasteiger partial charge in [-0.3, -0.25) is 0 Å². The van der Waals surface area contributed by atoms with Crippen molar-refractivity contribution in [2.45, 2.75) is 14.8 Å². The first-order valence-electron chi connectivity index (χ1n) is 4.80. The Hall–Kier alpha value is -1.96. The highest BCUT2D eigenvalue weighted by atomic mass is 32.2. The maximum Gasteiger partial charge on any atom is 0.373 e. The summed E-state index contributed by atoms with van der Waals surface area (Å²) < 4.78 is 22.5. The maximum atomic E-state index is 11.2. The summed E-state index contributed by atoms with van der Waals surface area (Å²) >= 11 is 1.41. The zero-order valence-electron chi connectivity index (χ0n) is 9.73. The molecular weight excluding hydrogens is 290 g/mol. The SMILES string of the molecule is CS(=O)(=O)c1ccc(Sc2cn[nH]n2)cc1.O=C=O. The fourth-order valence-electron chi connectivity index (χ4n) is 1.12. The van der Waals surface area contributed by atoms with Gasteiger partial charge in [-0.25, -0.2) is 8.42 Å². The second-order valence-corrected chi connectivity index (χ2v) is 6.35. The lowest BCUT2D eigenvalue weighted by molar-refractivity contribution is -0.191. The molecule has 1 heterocycles. The molecule has 0 bridgehead atoms. The Bertz CT molecular complexity index is 645. The van der Waals surface area contributed by atoms with E-state index in [1.807, 2.05) is 0 Å². The quantitative estimate of drug-likeness (QED) is 0.891. The van der Waals surface area contributed by atoms with E-state index in [0.29, 0.717) is 4.90 Å². The molecule has 0 saturated heterocycles. The van der Waals surface area contributed by atoms with Crippen molar-refractivity contribution in [3.63, 3.8) is 0 Å². The van der Waals surface area contributed by atoms with Crippen LogP contribution in [0.5, 0.6) is 0 Å². The molecule has 0 atom stereocenters. The number of aromatic amines is 1. The highest BCUT2D eigenvalue weighted by Gasteiger charge is 2.07. The van der Waals surface area contributed by atoms with Gasteiger partial charge in [0.05, 0.1) is 11.1 Å². The van der Waals surface area contributed by atoms with Crippen molar-refractivity contribution in [3.05, 3.63) is 30.5 Å². The molecule has 2 aromatic rings. The fraction of sp³-hybridized carbons (Fsp3) is 0.100. The topological polar surface area (TPSA) is 110 Å². The Morgan fingerprint density at radius 2 is 1.79 bits per heavy atom. The molecule has 1 aromatic carbocycles. The van der Waals surface area contributed by atoms with E-state index in [4.69, 9.17) is 9.59 Å². The normalized spacial score (nSPS) is 10.2. The third-order valence-corrected chi connectivity index (χ3v) is 3.91. The van der Waals surface area contributed by atoms with Crippen molar-refractivity contribution < 1.29 is 18.0 Å². The molecule has 7 nitrogen and oxygen atoms in total. The predicted molar refractivity (Wildman–Crippen MR) is 65.1 cm³/mol. The smallest absolute Gasteiger partial charge is 0.224 e. The molecule has 0 aliphatic rings. The molecule has 1 N–H and O–H groups in total. The first-order chi connectivity index (χ1) is 8.97. The minimum Gasteiger partial charge on any atom is -0.224 e. The zero-order chi connectivity index (χ0) is 14.3. The molecule has 0 amide bonds. The van der Waals surface area contributed by atoms with Gasteiger partial charge in [-0.15, -0.1) is 5.10 Å².